The minimum absolute atomic E-state index is 0.171. The van der Waals surface area contributed by atoms with Gasteiger partial charge < -0.3 is 19.9 Å². The van der Waals surface area contributed by atoms with Crippen molar-refractivity contribution in [3.8, 4) is 5.75 Å². The van der Waals surface area contributed by atoms with Crippen molar-refractivity contribution in [2.45, 2.75) is 30.7 Å². The van der Waals surface area contributed by atoms with Crippen LogP contribution < -0.4 is 10.1 Å². The van der Waals surface area contributed by atoms with E-state index in [1.165, 1.54) is 11.8 Å². The Labute approximate surface area is 145 Å². The molecule has 1 heterocycles. The number of hydrogen-bond donors (Lipinski definition) is 2. The molecule has 132 valence electrons. The molecule has 2 unspecified atom stereocenters. The van der Waals surface area contributed by atoms with E-state index in [1.54, 1.807) is 0 Å². The highest BCUT2D eigenvalue weighted by Gasteiger charge is 2.31. The molecule has 1 aliphatic rings. The number of nitrogens with one attached hydrogen (secondary N) is 1. The van der Waals surface area contributed by atoms with Crippen LogP contribution in [0.1, 0.15) is 19.8 Å². The summed E-state index contributed by atoms with van der Waals surface area (Å²) in [5.74, 6) is -0.507. The fraction of sp³-hybridized carbons (Fsp3) is 0.529. The van der Waals surface area contributed by atoms with E-state index in [2.05, 4.69) is 5.32 Å². The Hall–Kier alpha value is -1.73. The minimum atomic E-state index is -1.01. The van der Waals surface area contributed by atoms with Gasteiger partial charge in [-0.25, -0.2) is 4.79 Å². The van der Waals surface area contributed by atoms with Gasteiger partial charge >= 0.3 is 5.97 Å². The molecule has 2 rings (SSSR count). The van der Waals surface area contributed by atoms with Crippen LogP contribution in [0.15, 0.2) is 29.2 Å². The Morgan fingerprint density at radius 1 is 1.42 bits per heavy atom. The number of carbonyl (C=O) groups excluding carboxylic acids is 1. The third-order valence-electron chi connectivity index (χ3n) is 3.75. The zero-order chi connectivity index (χ0) is 17.4. The molecule has 1 aliphatic heterocycles. The van der Waals surface area contributed by atoms with Crippen molar-refractivity contribution in [3.05, 3.63) is 24.3 Å². The predicted octanol–water partition coefficient (Wildman–Crippen LogP) is 2.17. The Kier molecular flexibility index (Phi) is 7.39. The molecule has 6 nitrogen and oxygen atoms in total. The lowest BCUT2D eigenvalue weighted by atomic mass is 9.94. The molecule has 24 heavy (non-hydrogen) atoms. The summed E-state index contributed by atoms with van der Waals surface area (Å²) in [6.07, 6.45) is 1.58. The number of amides is 1. The molecule has 0 bridgehead atoms. The molecular formula is C17H23NO5S. The summed E-state index contributed by atoms with van der Waals surface area (Å²) in [4.78, 5) is 24.4. The minimum Gasteiger partial charge on any atom is -0.494 e. The van der Waals surface area contributed by atoms with Gasteiger partial charge in [-0.2, -0.15) is 0 Å². The number of thioether (sulfide) groups is 1. The average molecular weight is 353 g/mol. The van der Waals surface area contributed by atoms with Crippen molar-refractivity contribution in [2.75, 3.05) is 25.6 Å². The van der Waals surface area contributed by atoms with E-state index in [0.717, 1.165) is 23.5 Å². The van der Waals surface area contributed by atoms with Gasteiger partial charge in [0.25, 0.3) is 0 Å². The Morgan fingerprint density at radius 3 is 2.75 bits per heavy atom. The van der Waals surface area contributed by atoms with Gasteiger partial charge in [0.2, 0.25) is 5.91 Å². The predicted molar refractivity (Wildman–Crippen MR) is 91.4 cm³/mol. The summed E-state index contributed by atoms with van der Waals surface area (Å²) in [5, 5.41) is 12.0. The molecular weight excluding hydrogens is 330 g/mol. The van der Waals surface area contributed by atoms with Crippen molar-refractivity contribution < 1.29 is 24.2 Å². The van der Waals surface area contributed by atoms with E-state index in [9.17, 15) is 14.7 Å². The monoisotopic (exact) mass is 353 g/mol. The Bertz CT molecular complexity index is 542. The molecule has 1 aromatic rings. The largest absolute Gasteiger partial charge is 0.494 e. The summed E-state index contributed by atoms with van der Waals surface area (Å²) >= 11 is 1.36. The molecule has 0 radical (unpaired) electrons. The van der Waals surface area contributed by atoms with Gasteiger partial charge in [0, 0.05) is 17.4 Å². The normalized spacial score (nSPS) is 18.6. The van der Waals surface area contributed by atoms with E-state index in [1.807, 2.05) is 31.2 Å². The molecule has 1 aromatic carbocycles. The van der Waals surface area contributed by atoms with Crippen molar-refractivity contribution in [3.63, 3.8) is 0 Å². The highest BCUT2D eigenvalue weighted by atomic mass is 32.2. The average Bonchev–Trinajstić information content (AvgIpc) is 2.60. The van der Waals surface area contributed by atoms with Crippen LogP contribution >= 0.6 is 11.8 Å². The molecule has 2 atom stereocenters. The number of ether oxygens (including phenoxy) is 2. The SMILES string of the molecule is CCOc1ccc(SCC(=O)NC(C(=O)O)C2CCCOC2)cc1. The number of carbonyl (C=O) groups is 2. The summed E-state index contributed by atoms with van der Waals surface area (Å²) < 4.78 is 10.7. The molecule has 0 aromatic heterocycles. The number of aliphatic carboxylic acids is 1. The first-order chi connectivity index (χ1) is 11.6. The molecule has 2 N–H and O–H groups in total. The maximum absolute atomic E-state index is 12.1. The lowest BCUT2D eigenvalue weighted by Gasteiger charge is -2.28. The topological polar surface area (TPSA) is 84.9 Å². The van der Waals surface area contributed by atoms with Gasteiger partial charge in [0.15, 0.2) is 0 Å². The van der Waals surface area contributed by atoms with Crippen molar-refractivity contribution in [1.29, 1.82) is 0 Å². The van der Waals surface area contributed by atoms with Crippen molar-refractivity contribution in [1.82, 2.24) is 5.32 Å². The fourth-order valence-electron chi connectivity index (χ4n) is 2.57. The van der Waals surface area contributed by atoms with Gasteiger partial charge in [0.05, 0.1) is 19.0 Å². The first-order valence-electron chi connectivity index (χ1n) is 8.05. The third-order valence-corrected chi connectivity index (χ3v) is 4.77. The highest BCUT2D eigenvalue weighted by Crippen LogP contribution is 2.22. The lowest BCUT2D eigenvalue weighted by Crippen LogP contribution is -2.48. The van der Waals surface area contributed by atoms with E-state index in [-0.39, 0.29) is 17.6 Å². The van der Waals surface area contributed by atoms with Gasteiger partial charge in [-0.1, -0.05) is 0 Å². The third kappa shape index (κ3) is 5.72. The molecule has 0 spiro atoms. The maximum Gasteiger partial charge on any atom is 0.326 e. The van der Waals surface area contributed by atoms with Crippen LogP contribution in [-0.4, -0.2) is 48.6 Å². The van der Waals surface area contributed by atoms with E-state index in [4.69, 9.17) is 9.47 Å². The second-order valence-electron chi connectivity index (χ2n) is 5.55. The summed E-state index contributed by atoms with van der Waals surface area (Å²) in [7, 11) is 0. The molecule has 7 heteroatoms. The first kappa shape index (κ1) is 18.6. The molecule has 1 fully saturated rings. The molecule has 1 amide bonds. The zero-order valence-electron chi connectivity index (χ0n) is 13.7. The standard InChI is InChI=1S/C17H23NO5S/c1-2-23-13-5-7-14(8-6-13)24-11-15(19)18-16(17(20)21)12-4-3-9-22-10-12/h5-8,12,16H,2-4,9-11H2,1H3,(H,18,19)(H,20,21). The van der Waals surface area contributed by atoms with Crippen LogP contribution in [0.5, 0.6) is 5.75 Å². The van der Waals surface area contributed by atoms with Gasteiger partial charge in [-0.05, 0) is 44.0 Å². The van der Waals surface area contributed by atoms with Crippen LogP contribution in [0.25, 0.3) is 0 Å². The second kappa shape index (κ2) is 9.54. The number of carboxylic acids is 1. The number of benzene rings is 1. The fourth-order valence-corrected chi connectivity index (χ4v) is 3.28. The van der Waals surface area contributed by atoms with Crippen molar-refractivity contribution in [2.24, 2.45) is 5.92 Å². The summed E-state index contributed by atoms with van der Waals surface area (Å²) in [5.41, 5.74) is 0. The van der Waals surface area contributed by atoms with Crippen LogP contribution in [-0.2, 0) is 14.3 Å². The van der Waals surface area contributed by atoms with Crippen LogP contribution in [0.4, 0.5) is 0 Å². The lowest BCUT2D eigenvalue weighted by molar-refractivity contribution is -0.144. The number of carboxylic acid groups (broad SMARTS) is 1. The maximum atomic E-state index is 12.1. The van der Waals surface area contributed by atoms with Crippen LogP contribution in [0.3, 0.4) is 0 Å². The first-order valence-corrected chi connectivity index (χ1v) is 9.04. The zero-order valence-corrected chi connectivity index (χ0v) is 14.5. The van der Waals surface area contributed by atoms with E-state index >= 15 is 0 Å². The summed E-state index contributed by atoms with van der Waals surface area (Å²) in [6.45, 7) is 3.56. The van der Waals surface area contributed by atoms with Crippen LogP contribution in [0, 0.1) is 5.92 Å². The van der Waals surface area contributed by atoms with Gasteiger partial charge in [0.1, 0.15) is 11.8 Å². The second-order valence-corrected chi connectivity index (χ2v) is 6.60. The van der Waals surface area contributed by atoms with E-state index < -0.39 is 12.0 Å². The smallest absolute Gasteiger partial charge is 0.326 e. The van der Waals surface area contributed by atoms with E-state index in [0.29, 0.717) is 19.8 Å². The highest BCUT2D eigenvalue weighted by molar-refractivity contribution is 8.00. The quantitative estimate of drug-likeness (QED) is 0.697. The van der Waals surface area contributed by atoms with Gasteiger partial charge in [-0.3, -0.25) is 4.79 Å². The Morgan fingerprint density at radius 2 is 2.17 bits per heavy atom. The molecule has 1 saturated heterocycles. The summed E-state index contributed by atoms with van der Waals surface area (Å²) in [6, 6.07) is 6.57. The van der Waals surface area contributed by atoms with Crippen molar-refractivity contribution >= 4 is 23.6 Å². The number of hydrogen-bond acceptors (Lipinski definition) is 5. The Balaban J connectivity index is 1.83. The molecule has 0 saturated carbocycles. The number of rotatable bonds is 8. The van der Waals surface area contributed by atoms with Crippen LogP contribution in [0.2, 0.25) is 0 Å². The van der Waals surface area contributed by atoms with Gasteiger partial charge in [-0.15, -0.1) is 11.8 Å². The molecule has 0 aliphatic carbocycles.